The summed E-state index contributed by atoms with van der Waals surface area (Å²) in [5, 5.41) is 42.9. The van der Waals surface area contributed by atoms with E-state index in [0.717, 1.165) is 44.9 Å². The number of allylic oxidation sites excluding steroid dienone is 2. The van der Waals surface area contributed by atoms with Crippen LogP contribution in [0, 0.1) is 56.7 Å². The maximum atomic E-state index is 12.8. The summed E-state index contributed by atoms with van der Waals surface area (Å²) >= 11 is 0. The van der Waals surface area contributed by atoms with Crippen LogP contribution in [0.15, 0.2) is 11.6 Å². The molecular weight excluding hydrogens is 440 g/mol. The van der Waals surface area contributed by atoms with Crippen molar-refractivity contribution in [3.8, 4) is 0 Å². The highest BCUT2D eigenvalue weighted by Gasteiger charge is 2.70. The van der Waals surface area contributed by atoms with Crippen molar-refractivity contribution < 1.29 is 25.2 Å². The molecule has 5 nitrogen and oxygen atoms in total. The van der Waals surface area contributed by atoms with E-state index in [1.54, 1.807) is 0 Å². The Bertz CT molecular complexity index is 930. The predicted molar refractivity (Wildman–Crippen MR) is 135 cm³/mol. The number of hydrogen-bond acceptors (Lipinski definition) is 4. The first-order valence-electron chi connectivity index (χ1n) is 14.1. The summed E-state index contributed by atoms with van der Waals surface area (Å²) in [6.07, 6.45) is 7.51. The number of carboxylic acids is 1. The van der Waals surface area contributed by atoms with E-state index in [1.807, 2.05) is 6.92 Å². The molecule has 12 atom stereocenters. The third kappa shape index (κ3) is 2.95. The van der Waals surface area contributed by atoms with Gasteiger partial charge in [0.25, 0.3) is 0 Å². The van der Waals surface area contributed by atoms with Gasteiger partial charge in [0.05, 0.1) is 24.2 Å². The van der Waals surface area contributed by atoms with Gasteiger partial charge in [-0.2, -0.15) is 0 Å². The van der Waals surface area contributed by atoms with E-state index in [0.29, 0.717) is 24.2 Å². The van der Waals surface area contributed by atoms with Crippen molar-refractivity contribution in [3.63, 3.8) is 0 Å². The first-order chi connectivity index (χ1) is 16.2. The van der Waals surface area contributed by atoms with Gasteiger partial charge in [-0.25, -0.2) is 0 Å². The van der Waals surface area contributed by atoms with Gasteiger partial charge >= 0.3 is 5.97 Å². The van der Waals surface area contributed by atoms with Gasteiger partial charge in [0.15, 0.2) is 0 Å². The highest BCUT2D eigenvalue weighted by Crippen LogP contribution is 2.75. The maximum Gasteiger partial charge on any atom is 0.310 e. The third-order valence-electron chi connectivity index (χ3n) is 13.5. The van der Waals surface area contributed by atoms with Crippen LogP contribution in [-0.4, -0.2) is 45.2 Å². The third-order valence-corrected chi connectivity index (χ3v) is 13.5. The zero-order valence-electron chi connectivity index (χ0n) is 22.7. The molecule has 0 aromatic carbocycles. The van der Waals surface area contributed by atoms with Gasteiger partial charge < -0.3 is 20.4 Å². The van der Waals surface area contributed by atoms with E-state index in [4.69, 9.17) is 0 Å². The summed E-state index contributed by atoms with van der Waals surface area (Å²) in [4.78, 5) is 12.8. The first kappa shape index (κ1) is 25.7. The molecule has 0 aromatic rings. The SMILES string of the molecule is C[C@H]1[C@H]2C3=CC[C@H]4[C@@]5(C)C[C@H](O)[C@H](O)[C@@](C)(CO)[C@@H]5CC[C@]4(C)[C@]3(C)CC[C@]2(C(=O)O)CC[C@@H]1C. The van der Waals surface area contributed by atoms with E-state index in [1.165, 1.54) is 5.57 Å². The molecule has 0 spiro atoms. The monoisotopic (exact) mass is 488 g/mol. The predicted octanol–water partition coefficient (Wildman–Crippen LogP) is 5.03. The summed E-state index contributed by atoms with van der Waals surface area (Å²) in [5.41, 5.74) is -0.214. The smallest absolute Gasteiger partial charge is 0.310 e. The summed E-state index contributed by atoms with van der Waals surface area (Å²) < 4.78 is 0. The largest absolute Gasteiger partial charge is 0.481 e. The summed E-state index contributed by atoms with van der Waals surface area (Å²) in [7, 11) is 0. The highest BCUT2D eigenvalue weighted by atomic mass is 16.4. The fraction of sp³-hybridized carbons (Fsp3) is 0.900. The Morgan fingerprint density at radius 1 is 1.00 bits per heavy atom. The number of rotatable bonds is 2. The molecule has 4 N–H and O–H groups in total. The lowest BCUT2D eigenvalue weighted by Crippen LogP contribution is -2.68. The summed E-state index contributed by atoms with van der Waals surface area (Å²) in [6, 6.07) is 0. The molecule has 0 aromatic heterocycles. The molecule has 0 amide bonds. The molecule has 4 saturated carbocycles. The lowest BCUT2D eigenvalue weighted by atomic mass is 9.33. The summed E-state index contributed by atoms with van der Waals surface area (Å²) in [5.74, 6) is 0.828. The van der Waals surface area contributed by atoms with Gasteiger partial charge in [-0.1, -0.05) is 53.2 Å². The van der Waals surface area contributed by atoms with Crippen LogP contribution in [0.5, 0.6) is 0 Å². The molecule has 0 bridgehead atoms. The molecule has 0 radical (unpaired) electrons. The Labute approximate surface area is 211 Å². The van der Waals surface area contributed by atoms with Gasteiger partial charge in [0.2, 0.25) is 0 Å². The van der Waals surface area contributed by atoms with Crippen molar-refractivity contribution >= 4 is 5.97 Å². The van der Waals surface area contributed by atoms with Gasteiger partial charge in [-0.05, 0) is 97.2 Å². The standard InChI is InChI=1S/C30H48O5/c1-17-9-12-30(25(34)35)14-13-28(5)19(23(30)18(17)2)7-8-22-26(3)15-20(32)24(33)27(4,16-31)21(26)10-11-29(22,28)6/h7,17-18,20-24,31-33H,8-16H2,1-6H3,(H,34,35)/t17-,18+,20-,21+,22-,23-,24-,26-,27-,28+,29-,30+/m0/s1. The number of carbonyl (C=O) groups is 1. The molecule has 5 aliphatic carbocycles. The number of carboxylic acid groups (broad SMARTS) is 1. The Morgan fingerprint density at radius 3 is 2.31 bits per heavy atom. The van der Waals surface area contributed by atoms with Crippen LogP contribution < -0.4 is 0 Å². The van der Waals surface area contributed by atoms with Crippen molar-refractivity contribution in [2.75, 3.05) is 6.61 Å². The van der Waals surface area contributed by atoms with Crippen LogP contribution in [0.4, 0.5) is 0 Å². The van der Waals surface area contributed by atoms with E-state index in [9.17, 15) is 25.2 Å². The molecule has 35 heavy (non-hydrogen) atoms. The minimum absolute atomic E-state index is 0.00815. The number of hydrogen-bond donors (Lipinski definition) is 4. The average Bonchev–Trinajstić information content (AvgIpc) is 2.80. The van der Waals surface area contributed by atoms with Crippen molar-refractivity contribution in [2.45, 2.75) is 105 Å². The minimum atomic E-state index is -0.907. The molecule has 0 saturated heterocycles. The van der Waals surface area contributed by atoms with Crippen LogP contribution in [-0.2, 0) is 4.79 Å². The van der Waals surface area contributed by atoms with E-state index < -0.39 is 29.0 Å². The Balaban J connectivity index is 1.62. The van der Waals surface area contributed by atoms with Crippen LogP contribution in [0.25, 0.3) is 0 Å². The van der Waals surface area contributed by atoms with Gasteiger partial charge in [-0.3, -0.25) is 4.79 Å². The maximum absolute atomic E-state index is 12.8. The fourth-order valence-electron chi connectivity index (χ4n) is 11.0. The van der Waals surface area contributed by atoms with Crippen LogP contribution in [0.3, 0.4) is 0 Å². The van der Waals surface area contributed by atoms with E-state index in [2.05, 4.69) is 40.7 Å². The number of fused-ring (bicyclic) bond motifs is 7. The lowest BCUT2D eigenvalue weighted by Gasteiger charge is -2.71. The van der Waals surface area contributed by atoms with Gasteiger partial charge in [0, 0.05) is 5.41 Å². The van der Waals surface area contributed by atoms with E-state index >= 15 is 0 Å². The van der Waals surface area contributed by atoms with Crippen LogP contribution >= 0.6 is 0 Å². The summed E-state index contributed by atoms with van der Waals surface area (Å²) in [6.45, 7) is 13.6. The quantitative estimate of drug-likeness (QED) is 0.409. The van der Waals surface area contributed by atoms with Crippen molar-refractivity contribution in [1.29, 1.82) is 0 Å². The normalized spacial score (nSPS) is 57.7. The minimum Gasteiger partial charge on any atom is -0.481 e. The first-order valence-corrected chi connectivity index (χ1v) is 14.1. The van der Waals surface area contributed by atoms with Crippen molar-refractivity contribution in [1.82, 2.24) is 0 Å². The Morgan fingerprint density at radius 2 is 1.69 bits per heavy atom. The molecule has 4 fully saturated rings. The second-order valence-corrected chi connectivity index (χ2v) is 14.5. The van der Waals surface area contributed by atoms with Crippen LogP contribution in [0.2, 0.25) is 0 Å². The lowest BCUT2D eigenvalue weighted by molar-refractivity contribution is -0.244. The molecule has 198 valence electrons. The topological polar surface area (TPSA) is 98.0 Å². The van der Waals surface area contributed by atoms with Crippen molar-refractivity contribution in [2.24, 2.45) is 56.7 Å². The highest BCUT2D eigenvalue weighted by molar-refractivity contribution is 5.76. The molecule has 5 heteroatoms. The molecule has 0 aliphatic heterocycles. The number of aliphatic carboxylic acids is 1. The zero-order valence-corrected chi connectivity index (χ0v) is 22.7. The second-order valence-electron chi connectivity index (χ2n) is 14.5. The molecule has 0 unspecified atom stereocenters. The molecule has 0 heterocycles. The van der Waals surface area contributed by atoms with Crippen molar-refractivity contribution in [3.05, 3.63) is 11.6 Å². The number of aliphatic hydroxyl groups is 3. The van der Waals surface area contributed by atoms with Crippen LogP contribution in [0.1, 0.15) is 92.9 Å². The molecule has 5 aliphatic rings. The van der Waals surface area contributed by atoms with Gasteiger partial charge in [-0.15, -0.1) is 0 Å². The fourth-order valence-corrected chi connectivity index (χ4v) is 11.0. The molecule has 5 rings (SSSR count). The second kappa shape index (κ2) is 7.80. The Kier molecular flexibility index (Phi) is 5.73. The number of aliphatic hydroxyl groups excluding tert-OH is 3. The Hall–Kier alpha value is -0.910. The zero-order chi connectivity index (χ0) is 25.8. The average molecular weight is 489 g/mol. The molecular formula is C30H48O5. The van der Waals surface area contributed by atoms with Gasteiger partial charge in [0.1, 0.15) is 0 Å². The van der Waals surface area contributed by atoms with E-state index in [-0.39, 0.29) is 34.7 Å².